The molecule has 0 aromatic heterocycles. The summed E-state index contributed by atoms with van der Waals surface area (Å²) in [6, 6.07) is 17.5. The summed E-state index contributed by atoms with van der Waals surface area (Å²) < 4.78 is 0. The number of piperazine rings is 1. The molecule has 1 aliphatic heterocycles. The smallest absolute Gasteiger partial charge is 0.170 e. The van der Waals surface area contributed by atoms with Crippen molar-refractivity contribution >= 4 is 28.7 Å². The highest BCUT2D eigenvalue weighted by atomic mass is 32.1. The van der Waals surface area contributed by atoms with E-state index in [2.05, 4.69) is 89.7 Å². The van der Waals surface area contributed by atoms with Crippen LogP contribution < -0.4 is 15.5 Å². The third-order valence-corrected chi connectivity index (χ3v) is 5.49. The summed E-state index contributed by atoms with van der Waals surface area (Å²) in [6.45, 7) is 11.6. The van der Waals surface area contributed by atoms with Crippen molar-refractivity contribution in [2.45, 2.75) is 26.8 Å². The molecule has 1 fully saturated rings. The van der Waals surface area contributed by atoms with Crippen LogP contribution in [-0.4, -0.2) is 48.8 Å². The molecular weight excluding hydrogens is 352 g/mol. The second kappa shape index (κ2) is 9.20. The van der Waals surface area contributed by atoms with Gasteiger partial charge in [-0.1, -0.05) is 35.9 Å². The molecule has 3 rings (SSSR count). The van der Waals surface area contributed by atoms with Gasteiger partial charge >= 0.3 is 0 Å². The van der Waals surface area contributed by atoms with E-state index in [0.717, 1.165) is 38.4 Å². The average molecular weight is 383 g/mol. The van der Waals surface area contributed by atoms with E-state index in [0.29, 0.717) is 11.2 Å². The molecule has 2 aromatic carbocycles. The van der Waals surface area contributed by atoms with E-state index in [9.17, 15) is 0 Å². The van der Waals surface area contributed by atoms with Crippen molar-refractivity contribution in [1.29, 1.82) is 0 Å². The van der Waals surface area contributed by atoms with Crippen LogP contribution in [0.1, 0.15) is 18.1 Å². The van der Waals surface area contributed by atoms with Crippen molar-refractivity contribution < 1.29 is 0 Å². The van der Waals surface area contributed by atoms with Crippen molar-refractivity contribution in [1.82, 2.24) is 10.2 Å². The largest absolute Gasteiger partial charge is 0.369 e. The fraction of sp³-hybridized carbons (Fsp3) is 0.409. The Balaban J connectivity index is 1.43. The van der Waals surface area contributed by atoms with Gasteiger partial charge in [-0.25, -0.2) is 0 Å². The molecule has 2 aromatic rings. The number of rotatable bonds is 5. The lowest BCUT2D eigenvalue weighted by molar-refractivity contribution is 0.198. The lowest BCUT2D eigenvalue weighted by Crippen LogP contribution is -2.52. The molecule has 1 aliphatic rings. The summed E-state index contributed by atoms with van der Waals surface area (Å²) >= 11 is 5.48. The molecular formula is C22H30N4S. The van der Waals surface area contributed by atoms with Gasteiger partial charge in [-0.2, -0.15) is 0 Å². The fourth-order valence-electron chi connectivity index (χ4n) is 3.55. The van der Waals surface area contributed by atoms with Crippen molar-refractivity contribution in [2.24, 2.45) is 0 Å². The maximum Gasteiger partial charge on any atom is 0.170 e. The molecule has 5 heteroatoms. The van der Waals surface area contributed by atoms with Crippen LogP contribution in [0.5, 0.6) is 0 Å². The number of nitrogens with one attached hydrogen (secondary N) is 2. The van der Waals surface area contributed by atoms with E-state index >= 15 is 0 Å². The van der Waals surface area contributed by atoms with Crippen LogP contribution in [0.25, 0.3) is 0 Å². The van der Waals surface area contributed by atoms with E-state index < -0.39 is 0 Å². The van der Waals surface area contributed by atoms with E-state index in [1.54, 1.807) is 0 Å². The fourth-order valence-corrected chi connectivity index (χ4v) is 3.74. The molecule has 2 N–H and O–H groups in total. The van der Waals surface area contributed by atoms with Gasteiger partial charge in [0.05, 0.1) is 0 Å². The van der Waals surface area contributed by atoms with Crippen LogP contribution in [0.3, 0.4) is 0 Å². The maximum absolute atomic E-state index is 5.48. The van der Waals surface area contributed by atoms with Gasteiger partial charge in [-0.3, -0.25) is 4.90 Å². The average Bonchev–Trinajstić information content (AvgIpc) is 2.69. The topological polar surface area (TPSA) is 30.5 Å². The van der Waals surface area contributed by atoms with Gasteiger partial charge in [0.15, 0.2) is 5.11 Å². The molecule has 144 valence electrons. The number of hydrogen-bond donors (Lipinski definition) is 2. The highest BCUT2D eigenvalue weighted by molar-refractivity contribution is 7.80. The summed E-state index contributed by atoms with van der Waals surface area (Å²) in [5, 5.41) is 7.39. The Morgan fingerprint density at radius 1 is 1.04 bits per heavy atom. The summed E-state index contributed by atoms with van der Waals surface area (Å²) in [6.07, 6.45) is 0. The first-order chi connectivity index (χ1) is 13.0. The zero-order chi connectivity index (χ0) is 19.2. The number of thiocarbonyl (C=S) groups is 1. The first-order valence-electron chi connectivity index (χ1n) is 9.69. The van der Waals surface area contributed by atoms with Crippen LogP contribution in [0.4, 0.5) is 11.4 Å². The second-order valence-electron chi connectivity index (χ2n) is 7.36. The zero-order valence-corrected chi connectivity index (χ0v) is 17.4. The van der Waals surface area contributed by atoms with E-state index in [4.69, 9.17) is 12.2 Å². The third kappa shape index (κ3) is 5.44. The summed E-state index contributed by atoms with van der Waals surface area (Å²) in [5.74, 6) is 0. The van der Waals surface area contributed by atoms with Gasteiger partial charge in [-0.15, -0.1) is 0 Å². The Morgan fingerprint density at radius 2 is 1.74 bits per heavy atom. The van der Waals surface area contributed by atoms with Gasteiger partial charge in [0, 0.05) is 50.1 Å². The van der Waals surface area contributed by atoms with E-state index in [1.165, 1.54) is 16.8 Å². The standard InChI is InChI=1S/C22H30N4S/c1-17-9-10-21(18(2)15-17)24-22(27)23-16-19(3)25-11-13-26(14-12-25)20-7-5-4-6-8-20/h4-10,15,19H,11-14,16H2,1-3H3,(H2,23,24,27). The van der Waals surface area contributed by atoms with Crippen LogP contribution in [0.15, 0.2) is 48.5 Å². The van der Waals surface area contributed by atoms with Crippen LogP contribution in [-0.2, 0) is 0 Å². The highest BCUT2D eigenvalue weighted by Gasteiger charge is 2.21. The number of benzene rings is 2. The zero-order valence-electron chi connectivity index (χ0n) is 16.5. The Morgan fingerprint density at radius 3 is 2.41 bits per heavy atom. The molecule has 0 spiro atoms. The second-order valence-corrected chi connectivity index (χ2v) is 7.77. The van der Waals surface area contributed by atoms with E-state index in [1.807, 2.05) is 0 Å². The van der Waals surface area contributed by atoms with Crippen LogP contribution in [0, 0.1) is 13.8 Å². The van der Waals surface area contributed by atoms with Gasteiger partial charge in [0.25, 0.3) is 0 Å². The van der Waals surface area contributed by atoms with Gasteiger partial charge in [0.1, 0.15) is 0 Å². The first kappa shape index (κ1) is 19.6. The molecule has 1 atom stereocenters. The molecule has 1 heterocycles. The number of anilines is 2. The molecule has 0 bridgehead atoms. The van der Waals surface area contributed by atoms with Crippen LogP contribution in [0.2, 0.25) is 0 Å². The number of para-hydroxylation sites is 1. The molecule has 0 saturated carbocycles. The molecule has 0 radical (unpaired) electrons. The molecule has 1 unspecified atom stereocenters. The van der Waals surface area contributed by atoms with Crippen molar-refractivity contribution in [3.8, 4) is 0 Å². The minimum atomic E-state index is 0.446. The number of hydrogen-bond acceptors (Lipinski definition) is 3. The Bertz CT molecular complexity index is 754. The Kier molecular flexibility index (Phi) is 6.69. The predicted molar refractivity (Wildman–Crippen MR) is 120 cm³/mol. The van der Waals surface area contributed by atoms with Crippen molar-refractivity contribution in [3.05, 3.63) is 59.7 Å². The first-order valence-corrected chi connectivity index (χ1v) is 10.1. The lowest BCUT2D eigenvalue weighted by Gasteiger charge is -2.39. The highest BCUT2D eigenvalue weighted by Crippen LogP contribution is 2.17. The van der Waals surface area contributed by atoms with E-state index in [-0.39, 0.29) is 0 Å². The quantitative estimate of drug-likeness (QED) is 0.768. The molecule has 4 nitrogen and oxygen atoms in total. The molecule has 0 aliphatic carbocycles. The molecule has 1 saturated heterocycles. The van der Waals surface area contributed by atoms with Gasteiger partial charge < -0.3 is 15.5 Å². The summed E-state index contributed by atoms with van der Waals surface area (Å²) in [7, 11) is 0. The Labute approximate surface area is 168 Å². The minimum Gasteiger partial charge on any atom is -0.369 e. The molecule has 27 heavy (non-hydrogen) atoms. The lowest BCUT2D eigenvalue weighted by atomic mass is 10.1. The van der Waals surface area contributed by atoms with Crippen LogP contribution >= 0.6 is 12.2 Å². The monoisotopic (exact) mass is 382 g/mol. The number of aryl methyl sites for hydroxylation is 2. The van der Waals surface area contributed by atoms with Crippen molar-refractivity contribution in [2.75, 3.05) is 42.9 Å². The maximum atomic E-state index is 5.48. The van der Waals surface area contributed by atoms with Gasteiger partial charge in [-0.05, 0) is 56.8 Å². The third-order valence-electron chi connectivity index (χ3n) is 5.25. The van der Waals surface area contributed by atoms with Gasteiger partial charge in [0.2, 0.25) is 0 Å². The summed E-state index contributed by atoms with van der Waals surface area (Å²) in [5.41, 5.74) is 4.87. The summed E-state index contributed by atoms with van der Waals surface area (Å²) in [4.78, 5) is 5.00. The van der Waals surface area contributed by atoms with Crippen molar-refractivity contribution in [3.63, 3.8) is 0 Å². The Hall–Kier alpha value is -2.11. The SMILES string of the molecule is Cc1ccc(NC(=S)NCC(C)N2CCN(c3ccccc3)CC2)c(C)c1. The minimum absolute atomic E-state index is 0.446. The number of nitrogens with zero attached hydrogens (tertiary/aromatic N) is 2. The molecule has 0 amide bonds. The normalized spacial score (nSPS) is 16.0. The predicted octanol–water partition coefficient (Wildman–Crippen LogP) is 3.80.